The summed E-state index contributed by atoms with van der Waals surface area (Å²) in [6.45, 7) is 2.42. The summed E-state index contributed by atoms with van der Waals surface area (Å²) in [6.07, 6.45) is 1.24. The first-order valence-corrected chi connectivity index (χ1v) is 10.5. The van der Waals surface area contributed by atoms with Gasteiger partial charge in [-0.1, -0.05) is 0 Å². The first-order valence-electron chi connectivity index (χ1n) is 8.24. The molecule has 0 spiro atoms. The number of aryl methyl sites for hydroxylation is 1. The molecule has 1 aromatic heterocycles. The van der Waals surface area contributed by atoms with Gasteiger partial charge in [0, 0.05) is 18.0 Å². The Morgan fingerprint density at radius 1 is 1.23 bits per heavy atom. The summed E-state index contributed by atoms with van der Waals surface area (Å²) in [5, 5.41) is 0. The summed E-state index contributed by atoms with van der Waals surface area (Å²) in [4.78, 5) is 13.3. The average molecular weight is 397 g/mol. The highest BCUT2D eigenvalue weighted by Crippen LogP contribution is 2.28. The minimum absolute atomic E-state index is 0.149. The number of hydrogen-bond acceptors (Lipinski definition) is 5. The maximum absolute atomic E-state index is 12.9. The SMILES string of the molecule is Cc1ccc(S(=O)(=O)N2CCC[C@@H](C(=O)NNc3ccc(F)cc3)C2)s1. The van der Waals surface area contributed by atoms with Crippen LogP contribution in [0.1, 0.15) is 17.7 Å². The molecule has 1 fully saturated rings. The van der Waals surface area contributed by atoms with Crippen molar-refractivity contribution in [1.82, 2.24) is 9.73 Å². The van der Waals surface area contributed by atoms with Gasteiger partial charge in [0.25, 0.3) is 10.0 Å². The van der Waals surface area contributed by atoms with Crippen molar-refractivity contribution in [2.24, 2.45) is 5.92 Å². The minimum atomic E-state index is -3.57. The number of rotatable bonds is 5. The molecule has 1 amide bonds. The third kappa shape index (κ3) is 4.22. The van der Waals surface area contributed by atoms with Gasteiger partial charge in [0.1, 0.15) is 10.0 Å². The van der Waals surface area contributed by atoms with Crippen LogP contribution in [0.2, 0.25) is 0 Å². The molecule has 6 nitrogen and oxygen atoms in total. The lowest BCUT2D eigenvalue weighted by Gasteiger charge is -2.30. The number of sulfonamides is 1. The zero-order valence-corrected chi connectivity index (χ0v) is 15.9. The Hall–Kier alpha value is -1.97. The maximum atomic E-state index is 12.9. The number of carbonyl (C=O) groups excluding carboxylic acids is 1. The number of nitrogens with zero attached hydrogens (tertiary/aromatic N) is 1. The van der Waals surface area contributed by atoms with Crippen LogP contribution in [0.5, 0.6) is 0 Å². The van der Waals surface area contributed by atoms with Crippen molar-refractivity contribution < 1.29 is 17.6 Å². The molecule has 2 N–H and O–H groups in total. The van der Waals surface area contributed by atoms with E-state index in [-0.39, 0.29) is 18.3 Å². The van der Waals surface area contributed by atoms with Crippen molar-refractivity contribution in [2.75, 3.05) is 18.5 Å². The third-order valence-electron chi connectivity index (χ3n) is 4.24. The van der Waals surface area contributed by atoms with E-state index in [1.807, 2.05) is 6.92 Å². The molecule has 0 aliphatic carbocycles. The standard InChI is InChI=1S/C17H20FN3O3S2/c1-12-4-9-16(25-12)26(23,24)21-10-2-3-13(11-21)17(22)20-19-15-7-5-14(18)6-8-15/h4-9,13,19H,2-3,10-11H2,1H3,(H,20,22)/t13-/m1/s1. The molecule has 1 aliphatic heterocycles. The number of piperidine rings is 1. The highest BCUT2D eigenvalue weighted by molar-refractivity contribution is 7.91. The van der Waals surface area contributed by atoms with Gasteiger partial charge in [0.2, 0.25) is 5.91 Å². The number of anilines is 1. The molecule has 1 atom stereocenters. The van der Waals surface area contributed by atoms with Crippen LogP contribution in [0, 0.1) is 18.7 Å². The van der Waals surface area contributed by atoms with Crippen molar-refractivity contribution in [3.8, 4) is 0 Å². The molecular formula is C17H20FN3O3S2. The Morgan fingerprint density at radius 2 is 1.96 bits per heavy atom. The molecular weight excluding hydrogens is 377 g/mol. The van der Waals surface area contributed by atoms with Gasteiger partial charge in [0.05, 0.1) is 11.6 Å². The number of amides is 1. The molecule has 2 aromatic rings. The van der Waals surface area contributed by atoms with Gasteiger partial charge < -0.3 is 0 Å². The summed E-state index contributed by atoms with van der Waals surface area (Å²) in [6, 6.07) is 8.96. The fourth-order valence-electron chi connectivity index (χ4n) is 2.82. The number of nitrogens with one attached hydrogen (secondary N) is 2. The van der Waals surface area contributed by atoms with E-state index < -0.39 is 15.9 Å². The molecule has 2 heterocycles. The minimum Gasteiger partial charge on any atom is -0.299 e. The first-order chi connectivity index (χ1) is 12.4. The van der Waals surface area contributed by atoms with Gasteiger partial charge in [-0.05, 0) is 56.2 Å². The molecule has 1 saturated heterocycles. The van der Waals surface area contributed by atoms with E-state index in [0.717, 1.165) is 4.88 Å². The molecule has 9 heteroatoms. The summed E-state index contributed by atoms with van der Waals surface area (Å²) >= 11 is 1.23. The lowest BCUT2D eigenvalue weighted by atomic mass is 9.99. The van der Waals surface area contributed by atoms with Gasteiger partial charge in [0.15, 0.2) is 0 Å². The first kappa shape index (κ1) is 18.8. The zero-order valence-electron chi connectivity index (χ0n) is 14.2. The second kappa shape index (κ2) is 7.73. The van der Waals surface area contributed by atoms with Crippen molar-refractivity contribution in [3.05, 3.63) is 47.1 Å². The Labute approximate surface area is 156 Å². The molecule has 140 valence electrons. The lowest BCUT2D eigenvalue weighted by Crippen LogP contribution is -2.46. The van der Waals surface area contributed by atoms with Gasteiger partial charge >= 0.3 is 0 Å². The van der Waals surface area contributed by atoms with E-state index in [4.69, 9.17) is 0 Å². The number of thiophene rings is 1. The predicted molar refractivity (Wildman–Crippen MR) is 98.7 cm³/mol. The van der Waals surface area contributed by atoms with Crippen LogP contribution in [0.4, 0.5) is 10.1 Å². The Balaban J connectivity index is 1.62. The highest BCUT2D eigenvalue weighted by atomic mass is 32.2. The van der Waals surface area contributed by atoms with Crippen LogP contribution in [0.3, 0.4) is 0 Å². The maximum Gasteiger partial charge on any atom is 0.252 e. The quantitative estimate of drug-likeness (QED) is 0.761. The van der Waals surface area contributed by atoms with Crippen molar-refractivity contribution in [1.29, 1.82) is 0 Å². The van der Waals surface area contributed by atoms with Crippen LogP contribution < -0.4 is 10.9 Å². The van der Waals surface area contributed by atoms with Crippen LogP contribution in [0.25, 0.3) is 0 Å². The van der Waals surface area contributed by atoms with E-state index in [2.05, 4.69) is 10.9 Å². The summed E-state index contributed by atoms with van der Waals surface area (Å²) in [7, 11) is -3.57. The zero-order chi connectivity index (χ0) is 18.7. The molecule has 1 aliphatic rings. The monoisotopic (exact) mass is 397 g/mol. The topological polar surface area (TPSA) is 78.5 Å². The van der Waals surface area contributed by atoms with Crippen molar-refractivity contribution in [3.63, 3.8) is 0 Å². The summed E-state index contributed by atoms with van der Waals surface area (Å²) in [5.41, 5.74) is 5.85. The molecule has 0 bridgehead atoms. The second-order valence-corrected chi connectivity index (χ2v) is 9.64. The van der Waals surface area contributed by atoms with Crippen LogP contribution >= 0.6 is 11.3 Å². The summed E-state index contributed by atoms with van der Waals surface area (Å²) in [5.74, 6) is -1.08. The fraction of sp³-hybridized carbons (Fsp3) is 0.353. The van der Waals surface area contributed by atoms with E-state index in [9.17, 15) is 17.6 Å². The fourth-order valence-corrected chi connectivity index (χ4v) is 5.78. The highest BCUT2D eigenvalue weighted by Gasteiger charge is 2.34. The predicted octanol–water partition coefficient (Wildman–Crippen LogP) is 2.74. The van der Waals surface area contributed by atoms with E-state index >= 15 is 0 Å². The number of benzene rings is 1. The number of hydrogen-bond donors (Lipinski definition) is 2. The van der Waals surface area contributed by atoms with Gasteiger partial charge in [-0.25, -0.2) is 12.8 Å². The van der Waals surface area contributed by atoms with Gasteiger partial charge in [-0.3, -0.25) is 15.6 Å². The molecule has 0 saturated carbocycles. The van der Waals surface area contributed by atoms with Gasteiger partial charge in [-0.2, -0.15) is 4.31 Å². The van der Waals surface area contributed by atoms with Crippen molar-refractivity contribution >= 4 is 33.0 Å². The number of hydrazine groups is 1. The Kier molecular flexibility index (Phi) is 5.59. The number of halogens is 1. The van der Waals surface area contributed by atoms with E-state index in [0.29, 0.717) is 29.3 Å². The molecule has 26 heavy (non-hydrogen) atoms. The van der Waals surface area contributed by atoms with Crippen LogP contribution in [-0.4, -0.2) is 31.7 Å². The molecule has 1 aromatic carbocycles. The normalized spacial score (nSPS) is 18.5. The second-order valence-electron chi connectivity index (χ2n) is 6.19. The Morgan fingerprint density at radius 3 is 2.62 bits per heavy atom. The smallest absolute Gasteiger partial charge is 0.252 e. The van der Waals surface area contributed by atoms with Gasteiger partial charge in [-0.15, -0.1) is 11.3 Å². The average Bonchev–Trinajstić information content (AvgIpc) is 3.08. The molecule has 3 rings (SSSR count). The lowest BCUT2D eigenvalue weighted by molar-refractivity contribution is -0.125. The molecule has 0 unspecified atom stereocenters. The third-order valence-corrected chi connectivity index (χ3v) is 7.57. The van der Waals surface area contributed by atoms with Crippen LogP contribution in [0.15, 0.2) is 40.6 Å². The van der Waals surface area contributed by atoms with E-state index in [1.165, 1.54) is 39.9 Å². The summed E-state index contributed by atoms with van der Waals surface area (Å²) < 4.78 is 40.0. The van der Waals surface area contributed by atoms with E-state index in [1.54, 1.807) is 12.1 Å². The molecule has 0 radical (unpaired) electrons. The largest absolute Gasteiger partial charge is 0.299 e. The Bertz CT molecular complexity index is 881. The number of carbonyl (C=O) groups is 1. The van der Waals surface area contributed by atoms with Crippen molar-refractivity contribution in [2.45, 2.75) is 24.0 Å². The van der Waals surface area contributed by atoms with Crippen LogP contribution in [-0.2, 0) is 14.8 Å².